The summed E-state index contributed by atoms with van der Waals surface area (Å²) in [6.07, 6.45) is 5.05. The second-order valence-corrected chi connectivity index (χ2v) is 7.93. The smallest absolute Gasteiger partial charge is 0.0656 e. The van der Waals surface area contributed by atoms with Crippen LogP contribution in [0.5, 0.6) is 0 Å². The van der Waals surface area contributed by atoms with E-state index in [1.165, 1.54) is 39.0 Å². The molecule has 2 heterocycles. The van der Waals surface area contributed by atoms with Crippen LogP contribution < -0.4 is 0 Å². The molecule has 3 fully saturated rings. The standard InChI is InChI=1S/C10H20N2.C9H16N2/c1-9(2)11-5-7-12(8-6-11)10-3-4-10;1-8(2)11-5-3-9(7-10)4-6-11/h9-10H,3-8H2,1-2H3;8-9H,3-6H2,1-2H3. The lowest BCUT2D eigenvalue weighted by molar-refractivity contribution is 0.103. The summed E-state index contributed by atoms with van der Waals surface area (Å²) in [5.41, 5.74) is 0. The molecule has 2 aliphatic heterocycles. The van der Waals surface area contributed by atoms with E-state index in [9.17, 15) is 0 Å². The van der Waals surface area contributed by atoms with Gasteiger partial charge in [-0.3, -0.25) is 9.80 Å². The molecule has 0 aromatic carbocycles. The van der Waals surface area contributed by atoms with Crippen molar-refractivity contribution in [1.29, 1.82) is 5.26 Å². The molecule has 132 valence electrons. The third kappa shape index (κ3) is 6.06. The zero-order valence-electron chi connectivity index (χ0n) is 15.7. The molecule has 0 bridgehead atoms. The minimum Gasteiger partial charge on any atom is -0.301 e. The molecule has 0 aromatic heterocycles. The SMILES string of the molecule is CC(C)N1CCC(C#N)CC1.CC(C)N1CCN(C2CC2)CC1. The number of piperidine rings is 1. The van der Waals surface area contributed by atoms with E-state index in [2.05, 4.69) is 48.5 Å². The third-order valence-electron chi connectivity index (χ3n) is 5.58. The van der Waals surface area contributed by atoms with Crippen molar-refractivity contribution in [3.63, 3.8) is 0 Å². The summed E-state index contributed by atoms with van der Waals surface area (Å²) in [6.45, 7) is 16.4. The lowest BCUT2D eigenvalue weighted by atomic mass is 9.98. The van der Waals surface area contributed by atoms with Gasteiger partial charge in [0.2, 0.25) is 0 Å². The first-order valence-corrected chi connectivity index (χ1v) is 9.63. The zero-order valence-corrected chi connectivity index (χ0v) is 15.7. The van der Waals surface area contributed by atoms with Gasteiger partial charge in [-0.15, -0.1) is 0 Å². The summed E-state index contributed by atoms with van der Waals surface area (Å²) in [6, 6.07) is 4.70. The van der Waals surface area contributed by atoms with E-state index in [-0.39, 0.29) is 0 Å². The average Bonchev–Trinajstić information content (AvgIpc) is 3.40. The van der Waals surface area contributed by atoms with Crippen LogP contribution in [-0.4, -0.2) is 72.1 Å². The molecule has 4 heteroatoms. The quantitative estimate of drug-likeness (QED) is 0.801. The van der Waals surface area contributed by atoms with Crippen LogP contribution in [0.2, 0.25) is 0 Å². The fraction of sp³-hybridized carbons (Fsp3) is 0.947. The highest BCUT2D eigenvalue weighted by molar-refractivity contribution is 4.88. The first-order chi connectivity index (χ1) is 11.0. The van der Waals surface area contributed by atoms with E-state index >= 15 is 0 Å². The molecule has 23 heavy (non-hydrogen) atoms. The normalized spacial score (nSPS) is 25.3. The van der Waals surface area contributed by atoms with Crippen molar-refractivity contribution in [2.75, 3.05) is 39.3 Å². The van der Waals surface area contributed by atoms with Gasteiger partial charge in [0.05, 0.1) is 6.07 Å². The Morgan fingerprint density at radius 3 is 1.61 bits per heavy atom. The van der Waals surface area contributed by atoms with Gasteiger partial charge in [-0.2, -0.15) is 5.26 Å². The molecular weight excluding hydrogens is 284 g/mol. The van der Waals surface area contributed by atoms with Gasteiger partial charge in [0.15, 0.2) is 0 Å². The number of hydrogen-bond acceptors (Lipinski definition) is 4. The van der Waals surface area contributed by atoms with Crippen molar-refractivity contribution in [3.05, 3.63) is 0 Å². The highest BCUT2D eigenvalue weighted by Crippen LogP contribution is 2.27. The van der Waals surface area contributed by atoms with Crippen molar-refractivity contribution >= 4 is 0 Å². The Hall–Kier alpha value is -0.630. The lowest BCUT2D eigenvalue weighted by Crippen LogP contribution is -2.49. The van der Waals surface area contributed by atoms with E-state index < -0.39 is 0 Å². The van der Waals surface area contributed by atoms with Crippen LogP contribution in [0.25, 0.3) is 0 Å². The van der Waals surface area contributed by atoms with E-state index in [1.807, 2.05) is 0 Å². The highest BCUT2D eigenvalue weighted by Gasteiger charge is 2.31. The van der Waals surface area contributed by atoms with Crippen LogP contribution in [0.4, 0.5) is 0 Å². The monoisotopic (exact) mass is 320 g/mol. The van der Waals surface area contributed by atoms with Crippen molar-refractivity contribution in [2.24, 2.45) is 5.92 Å². The maximum absolute atomic E-state index is 8.65. The molecule has 0 atom stereocenters. The predicted octanol–water partition coefficient (Wildman–Crippen LogP) is 2.81. The zero-order chi connectivity index (χ0) is 16.8. The molecule has 0 radical (unpaired) electrons. The average molecular weight is 321 g/mol. The summed E-state index contributed by atoms with van der Waals surface area (Å²) >= 11 is 0. The van der Waals surface area contributed by atoms with Crippen LogP contribution in [-0.2, 0) is 0 Å². The van der Waals surface area contributed by atoms with Crippen LogP contribution in [0, 0.1) is 17.2 Å². The van der Waals surface area contributed by atoms with Gasteiger partial charge in [0.25, 0.3) is 0 Å². The van der Waals surface area contributed by atoms with Crippen molar-refractivity contribution < 1.29 is 0 Å². The van der Waals surface area contributed by atoms with Gasteiger partial charge in [-0.05, 0) is 66.5 Å². The number of hydrogen-bond donors (Lipinski definition) is 0. The van der Waals surface area contributed by atoms with Crippen LogP contribution in [0.3, 0.4) is 0 Å². The second-order valence-electron chi connectivity index (χ2n) is 7.93. The Morgan fingerprint density at radius 2 is 1.22 bits per heavy atom. The molecule has 1 saturated carbocycles. The van der Waals surface area contributed by atoms with Crippen molar-refractivity contribution in [1.82, 2.24) is 14.7 Å². The van der Waals surface area contributed by atoms with Crippen molar-refractivity contribution in [2.45, 2.75) is 71.5 Å². The van der Waals surface area contributed by atoms with Gasteiger partial charge in [-0.1, -0.05) is 0 Å². The number of piperazine rings is 1. The maximum Gasteiger partial charge on any atom is 0.0656 e. The predicted molar refractivity (Wildman–Crippen MR) is 96.4 cm³/mol. The number of nitrogens with zero attached hydrogens (tertiary/aromatic N) is 4. The largest absolute Gasteiger partial charge is 0.301 e. The van der Waals surface area contributed by atoms with E-state index in [4.69, 9.17) is 5.26 Å². The van der Waals surface area contributed by atoms with Crippen LogP contribution >= 0.6 is 0 Å². The molecule has 0 N–H and O–H groups in total. The van der Waals surface area contributed by atoms with E-state index in [1.54, 1.807) is 0 Å². The van der Waals surface area contributed by atoms with Crippen LogP contribution in [0.1, 0.15) is 53.4 Å². The molecule has 3 rings (SSSR count). The molecule has 0 spiro atoms. The molecule has 4 nitrogen and oxygen atoms in total. The third-order valence-corrected chi connectivity index (χ3v) is 5.58. The molecule has 0 unspecified atom stereocenters. The van der Waals surface area contributed by atoms with Crippen molar-refractivity contribution in [3.8, 4) is 6.07 Å². The Bertz CT molecular complexity index is 357. The molecule has 1 aliphatic carbocycles. The minimum atomic E-state index is 0.324. The Kier molecular flexibility index (Phi) is 7.33. The Balaban J connectivity index is 0.000000168. The molecule has 3 aliphatic rings. The summed E-state index contributed by atoms with van der Waals surface area (Å²) < 4.78 is 0. The van der Waals surface area contributed by atoms with Crippen LogP contribution in [0.15, 0.2) is 0 Å². The molecule has 2 saturated heterocycles. The van der Waals surface area contributed by atoms with Gasteiger partial charge >= 0.3 is 0 Å². The fourth-order valence-electron chi connectivity index (χ4n) is 3.60. The molecular formula is C19H36N4. The first kappa shape index (κ1) is 18.7. The Labute approximate surface area is 143 Å². The summed E-state index contributed by atoms with van der Waals surface area (Å²) in [5, 5.41) is 8.65. The first-order valence-electron chi connectivity index (χ1n) is 9.63. The van der Waals surface area contributed by atoms with E-state index in [0.29, 0.717) is 12.0 Å². The number of likely N-dealkylation sites (tertiary alicyclic amines) is 1. The van der Waals surface area contributed by atoms with Gasteiger partial charge < -0.3 is 4.90 Å². The summed E-state index contributed by atoms with van der Waals surface area (Å²) in [5.74, 6) is 0.324. The molecule has 0 amide bonds. The topological polar surface area (TPSA) is 33.5 Å². The maximum atomic E-state index is 8.65. The van der Waals surface area contributed by atoms with E-state index in [0.717, 1.165) is 38.0 Å². The number of rotatable bonds is 3. The highest BCUT2D eigenvalue weighted by atomic mass is 15.3. The molecule has 0 aromatic rings. The lowest BCUT2D eigenvalue weighted by Gasteiger charge is -2.37. The number of nitriles is 1. The van der Waals surface area contributed by atoms with Gasteiger partial charge in [0, 0.05) is 50.2 Å². The fourth-order valence-corrected chi connectivity index (χ4v) is 3.60. The van der Waals surface area contributed by atoms with Gasteiger partial charge in [-0.25, -0.2) is 0 Å². The second kappa shape index (κ2) is 9.01. The summed E-state index contributed by atoms with van der Waals surface area (Å²) in [7, 11) is 0. The minimum absolute atomic E-state index is 0.324. The van der Waals surface area contributed by atoms with Gasteiger partial charge in [0.1, 0.15) is 0 Å². The Morgan fingerprint density at radius 1 is 0.739 bits per heavy atom. The summed E-state index contributed by atoms with van der Waals surface area (Å²) in [4.78, 5) is 7.69.